The second-order valence-electron chi connectivity index (χ2n) is 4.96. The van der Waals surface area contributed by atoms with Gasteiger partial charge in [-0.2, -0.15) is 0 Å². The minimum absolute atomic E-state index is 0.112. The van der Waals surface area contributed by atoms with Crippen LogP contribution in [0, 0.1) is 0 Å². The molecule has 3 N–H and O–H groups in total. The summed E-state index contributed by atoms with van der Waals surface area (Å²) in [6.45, 7) is 1.30. The van der Waals surface area contributed by atoms with E-state index in [0.29, 0.717) is 13.0 Å². The van der Waals surface area contributed by atoms with Crippen molar-refractivity contribution in [2.24, 2.45) is 5.73 Å². The summed E-state index contributed by atoms with van der Waals surface area (Å²) in [5.74, 6) is 0.112. The second kappa shape index (κ2) is 7.65. The van der Waals surface area contributed by atoms with E-state index in [2.05, 4.69) is 10.3 Å². The number of nitrogens with zero attached hydrogens (tertiary/aromatic N) is 2. The number of unbranched alkanes of at least 4 members (excludes halogenated alkanes) is 3. The number of fused-ring (bicyclic) bond motifs is 1. The molecule has 1 amide bonds. The van der Waals surface area contributed by atoms with Gasteiger partial charge in [-0.3, -0.25) is 4.79 Å². The van der Waals surface area contributed by atoms with Gasteiger partial charge >= 0.3 is 0 Å². The lowest BCUT2D eigenvalue weighted by Gasteiger charge is -2.06. The number of hydrogen-bond acceptors (Lipinski definition) is 3. The molecule has 0 unspecified atom stereocenters. The van der Waals surface area contributed by atoms with Crippen molar-refractivity contribution in [1.82, 2.24) is 14.7 Å². The van der Waals surface area contributed by atoms with Crippen molar-refractivity contribution in [3.8, 4) is 0 Å². The monoisotopic (exact) mass is 274 g/mol. The number of nitrogens with two attached hydrogens (primary N) is 1. The average molecular weight is 274 g/mol. The summed E-state index contributed by atoms with van der Waals surface area (Å²) in [7, 11) is 0. The Labute approximate surface area is 119 Å². The first-order valence-electron chi connectivity index (χ1n) is 7.18. The highest BCUT2D eigenvalue weighted by molar-refractivity contribution is 5.75. The van der Waals surface area contributed by atoms with Crippen LogP contribution in [0.4, 0.5) is 0 Å². The minimum Gasteiger partial charge on any atom is -0.352 e. The Balaban J connectivity index is 1.70. The average Bonchev–Trinajstić information content (AvgIpc) is 2.92. The number of amides is 1. The summed E-state index contributed by atoms with van der Waals surface area (Å²) in [6, 6.07) is 3.98. The Hall–Kier alpha value is -1.88. The number of carbonyl (C=O) groups is 1. The van der Waals surface area contributed by atoms with Crippen molar-refractivity contribution in [3.05, 3.63) is 36.3 Å². The van der Waals surface area contributed by atoms with Gasteiger partial charge < -0.3 is 15.5 Å². The Morgan fingerprint density at radius 3 is 2.95 bits per heavy atom. The van der Waals surface area contributed by atoms with Crippen LogP contribution >= 0.6 is 0 Å². The first-order chi connectivity index (χ1) is 9.79. The Bertz CT molecular complexity index is 550. The van der Waals surface area contributed by atoms with E-state index in [4.69, 9.17) is 5.73 Å². The van der Waals surface area contributed by atoms with E-state index >= 15 is 0 Å². The minimum atomic E-state index is 0.112. The summed E-state index contributed by atoms with van der Waals surface area (Å²) < 4.78 is 1.95. The van der Waals surface area contributed by atoms with Crippen molar-refractivity contribution in [2.75, 3.05) is 6.54 Å². The molecule has 0 aliphatic rings. The van der Waals surface area contributed by atoms with Gasteiger partial charge in [-0.1, -0.05) is 12.8 Å². The van der Waals surface area contributed by atoms with Crippen LogP contribution in [-0.2, 0) is 11.3 Å². The normalized spacial score (nSPS) is 10.8. The van der Waals surface area contributed by atoms with Crippen molar-refractivity contribution in [1.29, 1.82) is 0 Å². The highest BCUT2D eigenvalue weighted by atomic mass is 16.1. The summed E-state index contributed by atoms with van der Waals surface area (Å²) in [4.78, 5) is 15.9. The summed E-state index contributed by atoms with van der Waals surface area (Å²) in [6.07, 6.45) is 10.4. The highest BCUT2D eigenvalue weighted by Crippen LogP contribution is 2.06. The number of nitrogens with one attached hydrogen (secondary N) is 1. The largest absolute Gasteiger partial charge is 0.352 e. The van der Waals surface area contributed by atoms with E-state index in [1.165, 1.54) is 0 Å². The van der Waals surface area contributed by atoms with Gasteiger partial charge in [0.1, 0.15) is 5.65 Å². The van der Waals surface area contributed by atoms with Gasteiger partial charge in [-0.15, -0.1) is 0 Å². The maximum absolute atomic E-state index is 11.7. The zero-order chi connectivity index (χ0) is 14.2. The van der Waals surface area contributed by atoms with Crippen LogP contribution in [0.1, 0.15) is 37.7 Å². The van der Waals surface area contributed by atoms with Crippen LogP contribution in [-0.4, -0.2) is 21.8 Å². The van der Waals surface area contributed by atoms with Gasteiger partial charge in [0.05, 0.1) is 0 Å². The SMILES string of the molecule is NCCCCCCC(=O)NCc1ccn2ccnc2c1. The molecule has 2 aromatic heterocycles. The van der Waals surface area contributed by atoms with E-state index in [1.807, 2.05) is 28.9 Å². The van der Waals surface area contributed by atoms with Gasteiger partial charge in [-0.25, -0.2) is 4.98 Å². The molecule has 0 saturated carbocycles. The molecule has 0 bridgehead atoms. The molecule has 0 aromatic carbocycles. The smallest absolute Gasteiger partial charge is 0.220 e. The summed E-state index contributed by atoms with van der Waals surface area (Å²) in [5, 5.41) is 2.95. The van der Waals surface area contributed by atoms with Gasteiger partial charge in [0.25, 0.3) is 0 Å². The first-order valence-corrected chi connectivity index (χ1v) is 7.18. The van der Waals surface area contributed by atoms with Crippen molar-refractivity contribution >= 4 is 11.6 Å². The zero-order valence-corrected chi connectivity index (χ0v) is 11.7. The number of aromatic nitrogens is 2. The van der Waals surface area contributed by atoms with E-state index < -0.39 is 0 Å². The topological polar surface area (TPSA) is 72.4 Å². The molecule has 108 valence electrons. The van der Waals surface area contributed by atoms with E-state index in [1.54, 1.807) is 6.20 Å². The Morgan fingerprint density at radius 1 is 1.25 bits per heavy atom. The Morgan fingerprint density at radius 2 is 2.10 bits per heavy atom. The molecule has 5 nitrogen and oxygen atoms in total. The second-order valence-corrected chi connectivity index (χ2v) is 4.96. The summed E-state index contributed by atoms with van der Waals surface area (Å²) in [5.41, 5.74) is 7.40. The quantitative estimate of drug-likeness (QED) is 0.722. The number of pyridine rings is 1. The van der Waals surface area contributed by atoms with Gasteiger partial charge in [0.15, 0.2) is 0 Å². The molecule has 2 rings (SSSR count). The van der Waals surface area contributed by atoms with Crippen LogP contribution in [0.25, 0.3) is 5.65 Å². The molecule has 0 fully saturated rings. The summed E-state index contributed by atoms with van der Waals surface area (Å²) >= 11 is 0. The van der Waals surface area contributed by atoms with Crippen LogP contribution in [0.2, 0.25) is 0 Å². The molecule has 5 heteroatoms. The lowest BCUT2D eigenvalue weighted by atomic mass is 10.1. The van der Waals surface area contributed by atoms with E-state index in [0.717, 1.165) is 43.4 Å². The first kappa shape index (κ1) is 14.5. The molecule has 0 radical (unpaired) electrons. The zero-order valence-electron chi connectivity index (χ0n) is 11.7. The fourth-order valence-electron chi connectivity index (χ4n) is 2.13. The standard InChI is InChI=1S/C15H22N4O/c16-7-4-2-1-3-5-15(20)18-12-13-6-9-19-10-8-17-14(19)11-13/h6,8-11H,1-5,7,12,16H2,(H,18,20). The highest BCUT2D eigenvalue weighted by Gasteiger charge is 2.02. The fourth-order valence-corrected chi connectivity index (χ4v) is 2.13. The molecule has 0 saturated heterocycles. The van der Waals surface area contributed by atoms with Crippen LogP contribution < -0.4 is 11.1 Å². The van der Waals surface area contributed by atoms with Crippen molar-refractivity contribution in [3.63, 3.8) is 0 Å². The van der Waals surface area contributed by atoms with Crippen molar-refractivity contribution < 1.29 is 4.79 Å². The molecule has 0 spiro atoms. The Kier molecular flexibility index (Phi) is 5.55. The lowest BCUT2D eigenvalue weighted by molar-refractivity contribution is -0.121. The maximum Gasteiger partial charge on any atom is 0.220 e. The van der Waals surface area contributed by atoms with Crippen LogP contribution in [0.5, 0.6) is 0 Å². The number of hydrogen-bond donors (Lipinski definition) is 2. The molecule has 2 heterocycles. The van der Waals surface area contributed by atoms with E-state index in [9.17, 15) is 4.79 Å². The third-order valence-electron chi connectivity index (χ3n) is 3.31. The molecule has 0 atom stereocenters. The molecule has 0 aliphatic heterocycles. The molecule has 0 aliphatic carbocycles. The fraction of sp³-hybridized carbons (Fsp3) is 0.467. The third-order valence-corrected chi connectivity index (χ3v) is 3.31. The van der Waals surface area contributed by atoms with Gasteiger partial charge in [0, 0.05) is 31.6 Å². The van der Waals surface area contributed by atoms with Crippen LogP contribution in [0.3, 0.4) is 0 Å². The predicted octanol–water partition coefficient (Wildman–Crippen LogP) is 1.86. The van der Waals surface area contributed by atoms with Gasteiger partial charge in [-0.05, 0) is 37.1 Å². The molecule has 20 heavy (non-hydrogen) atoms. The predicted molar refractivity (Wildman–Crippen MR) is 79.2 cm³/mol. The molecular formula is C15H22N4O. The van der Waals surface area contributed by atoms with Gasteiger partial charge in [0.2, 0.25) is 5.91 Å². The molecule has 2 aromatic rings. The maximum atomic E-state index is 11.7. The lowest BCUT2D eigenvalue weighted by Crippen LogP contribution is -2.22. The van der Waals surface area contributed by atoms with E-state index in [-0.39, 0.29) is 5.91 Å². The third kappa shape index (κ3) is 4.35. The molecular weight excluding hydrogens is 252 g/mol. The van der Waals surface area contributed by atoms with Crippen molar-refractivity contribution in [2.45, 2.75) is 38.6 Å². The number of carbonyl (C=O) groups excluding carboxylic acids is 1. The number of rotatable bonds is 8. The number of imidazole rings is 1. The van der Waals surface area contributed by atoms with Crippen LogP contribution in [0.15, 0.2) is 30.7 Å².